The fourth-order valence-corrected chi connectivity index (χ4v) is 6.68. The molecule has 1 saturated heterocycles. The summed E-state index contributed by atoms with van der Waals surface area (Å²) < 4.78 is 26.4. The number of carbonyl (C=O) groups is 2. The summed E-state index contributed by atoms with van der Waals surface area (Å²) in [7, 11) is 1.41. The molecule has 0 unspecified atom stereocenters. The maximum absolute atomic E-state index is 14.4. The first-order chi connectivity index (χ1) is 18.8. The molecule has 1 N–H and O–H groups in total. The second kappa shape index (κ2) is 12.2. The fraction of sp³-hybridized carbons (Fsp3) is 0.483. The molecule has 0 bridgehead atoms. The zero-order valence-electron chi connectivity index (χ0n) is 22.1. The van der Waals surface area contributed by atoms with Crippen molar-refractivity contribution in [3.63, 3.8) is 0 Å². The summed E-state index contributed by atoms with van der Waals surface area (Å²) in [6, 6.07) is 11.3. The zero-order valence-corrected chi connectivity index (χ0v) is 23.7. The first-order valence-corrected chi connectivity index (χ1v) is 14.5. The molecule has 1 aromatic heterocycles. The van der Waals surface area contributed by atoms with Crippen LogP contribution in [-0.2, 0) is 25.5 Å². The average molecular weight is 574 g/mol. The van der Waals surface area contributed by atoms with Crippen molar-refractivity contribution < 1.29 is 23.5 Å². The summed E-state index contributed by atoms with van der Waals surface area (Å²) in [4.78, 5) is 31.1. The molecule has 1 aliphatic heterocycles. The van der Waals surface area contributed by atoms with Gasteiger partial charge in [-0.3, -0.25) is 9.59 Å². The number of esters is 1. The number of thiazole rings is 1. The van der Waals surface area contributed by atoms with Crippen LogP contribution in [0.15, 0.2) is 36.4 Å². The number of carbonyl (C=O) groups excluding carboxylic acids is 2. The quantitative estimate of drug-likeness (QED) is 0.322. The van der Waals surface area contributed by atoms with Gasteiger partial charge in [0.25, 0.3) is 0 Å². The lowest BCUT2D eigenvalue weighted by molar-refractivity contribution is -0.148. The number of nitrogens with one attached hydrogen (secondary N) is 1. The standard InChI is InChI=1S/C29H33ClFN3O4S/c1-17-3-9-25-26(11-17)39-29(33-25)32-24-10-4-18(12-23(24)30)13-27(35)34-15-20(31)14-21(34)16-38-22-7-5-19(6-8-22)28(36)37-2/h3-4,9-12,19-22H,5-8,13-16H2,1-2H3,(H,32,33)/t19-,20-,21-,22-/m0/s1. The Morgan fingerprint density at radius 2 is 1.97 bits per heavy atom. The topological polar surface area (TPSA) is 80.8 Å². The van der Waals surface area contributed by atoms with E-state index in [1.807, 2.05) is 31.2 Å². The number of amides is 1. The molecule has 7 nitrogen and oxygen atoms in total. The molecule has 1 aliphatic carbocycles. The minimum atomic E-state index is -1.06. The molecule has 2 heterocycles. The van der Waals surface area contributed by atoms with Gasteiger partial charge < -0.3 is 19.7 Å². The number of anilines is 2. The Kier molecular flexibility index (Phi) is 8.69. The van der Waals surface area contributed by atoms with Crippen LogP contribution >= 0.6 is 22.9 Å². The highest BCUT2D eigenvalue weighted by Gasteiger charge is 2.36. The predicted octanol–water partition coefficient (Wildman–Crippen LogP) is 6.23. The number of ether oxygens (including phenoxy) is 2. The molecule has 5 rings (SSSR count). The van der Waals surface area contributed by atoms with Crippen LogP contribution in [0, 0.1) is 12.8 Å². The normalized spacial score (nSPS) is 23.2. The number of nitrogens with zero attached hydrogens (tertiary/aromatic N) is 2. The third-order valence-electron chi connectivity index (χ3n) is 7.59. The first-order valence-electron chi connectivity index (χ1n) is 13.3. The van der Waals surface area contributed by atoms with Crippen LogP contribution in [0.4, 0.5) is 15.2 Å². The van der Waals surface area contributed by atoms with Gasteiger partial charge in [-0.05, 0) is 68.0 Å². The van der Waals surface area contributed by atoms with Crippen molar-refractivity contribution in [2.24, 2.45) is 5.92 Å². The van der Waals surface area contributed by atoms with Gasteiger partial charge in [0.2, 0.25) is 5.91 Å². The average Bonchev–Trinajstić information content (AvgIpc) is 3.50. The largest absolute Gasteiger partial charge is 0.469 e. The number of likely N-dealkylation sites (tertiary alicyclic amines) is 1. The van der Waals surface area contributed by atoms with Crippen LogP contribution in [0.2, 0.25) is 5.02 Å². The number of methoxy groups -OCH3 is 1. The summed E-state index contributed by atoms with van der Waals surface area (Å²) in [6.45, 7) is 2.42. The van der Waals surface area contributed by atoms with E-state index in [0.717, 1.165) is 46.6 Å². The van der Waals surface area contributed by atoms with Crippen molar-refractivity contribution in [2.75, 3.05) is 25.6 Å². The zero-order chi connectivity index (χ0) is 27.5. The number of aromatic nitrogens is 1. The van der Waals surface area contributed by atoms with Gasteiger partial charge in [-0.2, -0.15) is 0 Å². The van der Waals surface area contributed by atoms with Gasteiger partial charge in [0.15, 0.2) is 5.13 Å². The third-order valence-corrected chi connectivity index (χ3v) is 8.84. The summed E-state index contributed by atoms with van der Waals surface area (Å²) in [5.74, 6) is -0.387. The number of benzene rings is 2. The maximum atomic E-state index is 14.4. The number of rotatable bonds is 8. The monoisotopic (exact) mass is 573 g/mol. The van der Waals surface area contributed by atoms with Crippen LogP contribution < -0.4 is 5.32 Å². The van der Waals surface area contributed by atoms with E-state index in [1.165, 1.54) is 12.7 Å². The minimum absolute atomic E-state index is 0.0137. The highest BCUT2D eigenvalue weighted by atomic mass is 35.5. The van der Waals surface area contributed by atoms with Crippen molar-refractivity contribution in [2.45, 2.75) is 63.8 Å². The van der Waals surface area contributed by atoms with Crippen LogP contribution in [0.3, 0.4) is 0 Å². The van der Waals surface area contributed by atoms with Gasteiger partial charge in [0.1, 0.15) is 6.17 Å². The summed E-state index contributed by atoms with van der Waals surface area (Å²) in [5, 5.41) is 4.51. The van der Waals surface area contributed by atoms with E-state index < -0.39 is 6.17 Å². The molecule has 1 saturated carbocycles. The Morgan fingerprint density at radius 3 is 2.72 bits per heavy atom. The lowest BCUT2D eigenvalue weighted by Gasteiger charge is -2.30. The molecule has 2 atom stereocenters. The van der Waals surface area contributed by atoms with E-state index in [2.05, 4.69) is 16.4 Å². The van der Waals surface area contributed by atoms with Crippen molar-refractivity contribution in [1.82, 2.24) is 9.88 Å². The highest BCUT2D eigenvalue weighted by molar-refractivity contribution is 7.22. The summed E-state index contributed by atoms with van der Waals surface area (Å²) in [6.07, 6.45) is 2.32. The Balaban J connectivity index is 1.16. The van der Waals surface area contributed by atoms with Crippen LogP contribution in [-0.4, -0.2) is 60.3 Å². The van der Waals surface area contributed by atoms with Crippen LogP contribution in [0.25, 0.3) is 10.2 Å². The SMILES string of the molecule is COC(=O)[C@H]1CC[C@H](OC[C@@H]2C[C@H](F)CN2C(=O)Cc2ccc(Nc3nc4ccc(C)cc4s3)c(Cl)c2)CC1. The van der Waals surface area contributed by atoms with Gasteiger partial charge in [-0.1, -0.05) is 35.1 Å². The van der Waals surface area contributed by atoms with E-state index in [-0.39, 0.29) is 49.3 Å². The van der Waals surface area contributed by atoms with Crippen molar-refractivity contribution >= 4 is 55.8 Å². The molecule has 2 aliphatic rings. The Labute approximate surface area is 236 Å². The van der Waals surface area contributed by atoms with Crippen molar-refractivity contribution in [1.29, 1.82) is 0 Å². The summed E-state index contributed by atoms with van der Waals surface area (Å²) in [5.41, 5.74) is 3.58. The van der Waals surface area contributed by atoms with E-state index in [4.69, 9.17) is 21.1 Å². The molecule has 2 aromatic carbocycles. The smallest absolute Gasteiger partial charge is 0.308 e. The van der Waals surface area contributed by atoms with E-state index in [0.29, 0.717) is 17.3 Å². The summed E-state index contributed by atoms with van der Waals surface area (Å²) >= 11 is 8.11. The van der Waals surface area contributed by atoms with E-state index in [1.54, 1.807) is 22.3 Å². The molecule has 39 heavy (non-hydrogen) atoms. The molecule has 3 aromatic rings. The molecule has 10 heteroatoms. The minimum Gasteiger partial charge on any atom is -0.469 e. The highest BCUT2D eigenvalue weighted by Crippen LogP contribution is 2.33. The Hall–Kier alpha value is -2.75. The first kappa shape index (κ1) is 27.8. The number of halogens is 2. The van der Waals surface area contributed by atoms with Crippen molar-refractivity contribution in [3.05, 3.63) is 52.5 Å². The fourth-order valence-electron chi connectivity index (χ4n) is 5.45. The Morgan fingerprint density at radius 1 is 1.18 bits per heavy atom. The van der Waals surface area contributed by atoms with Gasteiger partial charge in [-0.25, -0.2) is 9.37 Å². The predicted molar refractivity (Wildman–Crippen MR) is 152 cm³/mol. The van der Waals surface area contributed by atoms with E-state index in [9.17, 15) is 14.0 Å². The molecule has 2 fully saturated rings. The number of fused-ring (bicyclic) bond motifs is 1. The number of hydrogen-bond donors (Lipinski definition) is 1. The van der Waals surface area contributed by atoms with Crippen molar-refractivity contribution in [3.8, 4) is 0 Å². The number of hydrogen-bond acceptors (Lipinski definition) is 7. The van der Waals surface area contributed by atoms with Gasteiger partial charge in [0, 0.05) is 6.42 Å². The van der Waals surface area contributed by atoms with Gasteiger partial charge in [-0.15, -0.1) is 0 Å². The second-order valence-electron chi connectivity index (χ2n) is 10.5. The molecule has 0 spiro atoms. The number of aryl methyl sites for hydroxylation is 1. The van der Waals surface area contributed by atoms with Gasteiger partial charge >= 0.3 is 5.97 Å². The molecule has 1 amide bonds. The lowest BCUT2D eigenvalue weighted by atomic mass is 9.87. The molecule has 208 valence electrons. The maximum Gasteiger partial charge on any atom is 0.308 e. The molecular formula is C29H33ClFN3O4S. The van der Waals surface area contributed by atoms with Crippen LogP contribution in [0.5, 0.6) is 0 Å². The molecular weight excluding hydrogens is 541 g/mol. The third kappa shape index (κ3) is 6.70. The molecule has 0 radical (unpaired) electrons. The lowest BCUT2D eigenvalue weighted by Crippen LogP contribution is -2.40. The van der Waals surface area contributed by atoms with Crippen LogP contribution in [0.1, 0.15) is 43.2 Å². The number of alkyl halides is 1. The second-order valence-corrected chi connectivity index (χ2v) is 11.9. The van der Waals surface area contributed by atoms with Gasteiger partial charge in [0.05, 0.1) is 65.7 Å². The Bertz CT molecular complexity index is 1340. The van der Waals surface area contributed by atoms with E-state index >= 15 is 0 Å².